The van der Waals surface area contributed by atoms with E-state index in [4.69, 9.17) is 21.1 Å². The number of benzene rings is 1. The number of carbonyl (C=O) groups excluding carboxylic acids is 2. The molecular weight excluding hydrogens is 374 g/mol. The van der Waals surface area contributed by atoms with Gasteiger partial charge in [0.1, 0.15) is 12.2 Å². The van der Waals surface area contributed by atoms with Crippen LogP contribution in [0.5, 0.6) is 0 Å². The van der Waals surface area contributed by atoms with Gasteiger partial charge in [-0.1, -0.05) is 27.5 Å². The summed E-state index contributed by atoms with van der Waals surface area (Å²) in [5.74, 6) is -0.180. The Morgan fingerprint density at radius 3 is 2.55 bits per heavy atom. The van der Waals surface area contributed by atoms with Gasteiger partial charge in [-0.3, -0.25) is 4.79 Å². The molecule has 0 spiro atoms. The van der Waals surface area contributed by atoms with E-state index >= 15 is 0 Å². The highest BCUT2D eigenvalue weighted by Gasteiger charge is 2.15. The Morgan fingerprint density at radius 1 is 1.27 bits per heavy atom. The van der Waals surface area contributed by atoms with Crippen molar-refractivity contribution in [3.05, 3.63) is 33.3 Å². The molecule has 0 bridgehead atoms. The number of alkyl carbamates (subject to hydrolysis) is 1. The zero-order valence-corrected chi connectivity index (χ0v) is 15.1. The molecule has 0 saturated carbocycles. The van der Waals surface area contributed by atoms with Gasteiger partial charge < -0.3 is 14.8 Å². The average molecular weight is 393 g/mol. The Kier molecular flexibility index (Phi) is 7.32. The van der Waals surface area contributed by atoms with Crippen molar-refractivity contribution in [1.29, 1.82) is 0 Å². The van der Waals surface area contributed by atoms with Crippen LogP contribution in [0.4, 0.5) is 4.79 Å². The Labute approximate surface area is 143 Å². The third-order valence-electron chi connectivity index (χ3n) is 2.33. The molecule has 0 saturated heterocycles. The first kappa shape index (κ1) is 18.9. The predicted octanol–water partition coefficient (Wildman–Crippen LogP) is 3.83. The van der Waals surface area contributed by atoms with E-state index in [0.717, 1.165) is 4.47 Å². The summed E-state index contributed by atoms with van der Waals surface area (Å²) in [6, 6.07) is 4.96. The van der Waals surface area contributed by atoms with Crippen molar-refractivity contribution in [3.8, 4) is 0 Å². The molecule has 0 aliphatic rings. The molecule has 1 rings (SSSR count). The molecule has 0 heterocycles. The number of rotatable bonds is 6. The van der Waals surface area contributed by atoms with Crippen molar-refractivity contribution >= 4 is 39.4 Å². The lowest BCUT2D eigenvalue weighted by molar-refractivity contribution is 0.0498. The molecule has 0 aromatic heterocycles. The Balaban J connectivity index is 2.27. The van der Waals surface area contributed by atoms with Crippen LogP contribution in [0.15, 0.2) is 22.7 Å². The molecule has 22 heavy (non-hydrogen) atoms. The van der Waals surface area contributed by atoms with Gasteiger partial charge in [0.15, 0.2) is 5.78 Å². The van der Waals surface area contributed by atoms with Crippen LogP contribution in [-0.4, -0.2) is 37.2 Å². The fourth-order valence-electron chi connectivity index (χ4n) is 1.50. The third kappa shape index (κ3) is 7.77. The monoisotopic (exact) mass is 391 g/mol. The quantitative estimate of drug-likeness (QED) is 0.590. The summed E-state index contributed by atoms with van der Waals surface area (Å²) >= 11 is 9.16. The van der Waals surface area contributed by atoms with Gasteiger partial charge in [-0.2, -0.15) is 0 Å². The van der Waals surface area contributed by atoms with Crippen molar-refractivity contribution in [2.75, 3.05) is 19.8 Å². The lowest BCUT2D eigenvalue weighted by atomic mass is 10.1. The van der Waals surface area contributed by atoms with Gasteiger partial charge in [0.05, 0.1) is 6.61 Å². The van der Waals surface area contributed by atoms with E-state index < -0.39 is 11.7 Å². The highest BCUT2D eigenvalue weighted by molar-refractivity contribution is 9.10. The predicted molar refractivity (Wildman–Crippen MR) is 88.5 cm³/mol. The van der Waals surface area contributed by atoms with Gasteiger partial charge in [0, 0.05) is 21.6 Å². The second-order valence-electron chi connectivity index (χ2n) is 5.56. The van der Waals surface area contributed by atoms with Crippen molar-refractivity contribution < 1.29 is 19.1 Å². The number of hydrogen-bond acceptors (Lipinski definition) is 4. The summed E-state index contributed by atoms with van der Waals surface area (Å²) in [7, 11) is 0. The minimum Gasteiger partial charge on any atom is -0.444 e. The second kappa shape index (κ2) is 8.50. The van der Waals surface area contributed by atoms with Crippen molar-refractivity contribution in [2.24, 2.45) is 0 Å². The second-order valence-corrected chi connectivity index (χ2v) is 6.91. The normalized spacial score (nSPS) is 11.1. The number of nitrogens with one attached hydrogen (secondary N) is 1. The minimum absolute atomic E-state index is 0.0806. The Morgan fingerprint density at radius 2 is 1.95 bits per heavy atom. The number of ketones is 1. The van der Waals surface area contributed by atoms with E-state index in [1.54, 1.807) is 39.0 Å². The maximum Gasteiger partial charge on any atom is 0.407 e. The van der Waals surface area contributed by atoms with Crippen LogP contribution in [0.1, 0.15) is 31.1 Å². The molecule has 0 fully saturated rings. The molecule has 1 amide bonds. The zero-order chi connectivity index (χ0) is 16.8. The Hall–Kier alpha value is -1.11. The number of Topliss-reactive ketones (excluding diaryl/α,β-unsaturated/α-hetero) is 1. The van der Waals surface area contributed by atoms with Crippen molar-refractivity contribution in [1.82, 2.24) is 5.32 Å². The topological polar surface area (TPSA) is 64.6 Å². The van der Waals surface area contributed by atoms with E-state index in [9.17, 15) is 9.59 Å². The molecule has 122 valence electrons. The molecule has 1 aromatic carbocycles. The molecule has 5 nitrogen and oxygen atoms in total. The summed E-state index contributed by atoms with van der Waals surface area (Å²) in [5, 5.41) is 3.02. The third-order valence-corrected chi connectivity index (χ3v) is 3.01. The highest BCUT2D eigenvalue weighted by Crippen LogP contribution is 2.19. The van der Waals surface area contributed by atoms with E-state index in [-0.39, 0.29) is 25.5 Å². The van der Waals surface area contributed by atoms with E-state index in [1.165, 1.54) is 0 Å². The SMILES string of the molecule is CC(C)(C)OC(=O)NCCOCC(=O)c1cc(Cl)cc(Br)c1. The van der Waals surface area contributed by atoms with E-state index in [1.807, 2.05) is 0 Å². The minimum atomic E-state index is -0.541. The van der Waals surface area contributed by atoms with Gasteiger partial charge in [-0.25, -0.2) is 4.79 Å². The molecule has 1 N–H and O–H groups in total. The first-order valence-corrected chi connectivity index (χ1v) is 7.88. The molecule has 0 radical (unpaired) electrons. The van der Waals surface area contributed by atoms with Gasteiger partial charge in [0.2, 0.25) is 0 Å². The smallest absolute Gasteiger partial charge is 0.407 e. The zero-order valence-electron chi connectivity index (χ0n) is 12.7. The number of carbonyl (C=O) groups is 2. The molecular formula is C15H19BrClNO4. The largest absolute Gasteiger partial charge is 0.444 e. The molecule has 1 aromatic rings. The van der Waals surface area contributed by atoms with Crippen LogP contribution in [0.2, 0.25) is 5.02 Å². The standard InChI is InChI=1S/C15H19BrClNO4/c1-15(2,3)22-14(20)18-4-5-21-9-13(19)10-6-11(16)8-12(17)7-10/h6-8H,4-5,9H2,1-3H3,(H,18,20). The summed E-state index contributed by atoms with van der Waals surface area (Å²) in [4.78, 5) is 23.3. The maximum atomic E-state index is 11.9. The lowest BCUT2D eigenvalue weighted by Gasteiger charge is -2.19. The highest BCUT2D eigenvalue weighted by atomic mass is 79.9. The first-order chi connectivity index (χ1) is 10.2. The van der Waals surface area contributed by atoms with Crippen LogP contribution in [0.3, 0.4) is 0 Å². The number of halogens is 2. The lowest BCUT2D eigenvalue weighted by Crippen LogP contribution is -2.34. The molecule has 7 heteroatoms. The van der Waals surface area contributed by atoms with E-state index in [2.05, 4.69) is 21.2 Å². The van der Waals surface area contributed by atoms with Crippen LogP contribution in [-0.2, 0) is 9.47 Å². The molecule has 0 unspecified atom stereocenters. The van der Waals surface area contributed by atoms with Crippen LogP contribution in [0, 0.1) is 0 Å². The summed E-state index contributed by atoms with van der Waals surface area (Å²) in [5.41, 5.74) is -0.0691. The molecule has 0 aliphatic carbocycles. The van der Waals surface area contributed by atoms with Gasteiger partial charge in [-0.05, 0) is 39.0 Å². The van der Waals surface area contributed by atoms with Crippen molar-refractivity contribution in [3.63, 3.8) is 0 Å². The fraction of sp³-hybridized carbons (Fsp3) is 0.467. The maximum absolute atomic E-state index is 11.9. The summed E-state index contributed by atoms with van der Waals surface area (Å²) in [6.07, 6.45) is -0.513. The number of hydrogen-bond donors (Lipinski definition) is 1. The van der Waals surface area contributed by atoms with Crippen LogP contribution >= 0.6 is 27.5 Å². The van der Waals surface area contributed by atoms with Crippen molar-refractivity contribution in [2.45, 2.75) is 26.4 Å². The number of amides is 1. The Bertz CT molecular complexity index is 523. The molecule has 0 atom stereocenters. The first-order valence-electron chi connectivity index (χ1n) is 6.71. The van der Waals surface area contributed by atoms with Gasteiger partial charge >= 0.3 is 6.09 Å². The van der Waals surface area contributed by atoms with E-state index in [0.29, 0.717) is 10.6 Å². The fourth-order valence-corrected chi connectivity index (χ4v) is 2.36. The van der Waals surface area contributed by atoms with Crippen LogP contribution in [0.25, 0.3) is 0 Å². The van der Waals surface area contributed by atoms with Gasteiger partial charge in [-0.15, -0.1) is 0 Å². The van der Waals surface area contributed by atoms with Gasteiger partial charge in [0.25, 0.3) is 0 Å². The molecule has 0 aliphatic heterocycles. The number of ether oxygens (including phenoxy) is 2. The summed E-state index contributed by atoms with van der Waals surface area (Å²) < 4.78 is 11.0. The summed E-state index contributed by atoms with van der Waals surface area (Å²) in [6.45, 7) is 5.75. The average Bonchev–Trinajstić information content (AvgIpc) is 2.34. The van der Waals surface area contributed by atoms with Crippen LogP contribution < -0.4 is 5.32 Å².